The van der Waals surface area contributed by atoms with Crippen LogP contribution in [0.5, 0.6) is 0 Å². The van der Waals surface area contributed by atoms with Gasteiger partial charge in [0.1, 0.15) is 15.6 Å². The Morgan fingerprint density at radius 2 is 2.20 bits per heavy atom. The van der Waals surface area contributed by atoms with E-state index in [0.717, 1.165) is 5.76 Å². The predicted molar refractivity (Wildman–Crippen MR) is 77.4 cm³/mol. The van der Waals surface area contributed by atoms with Gasteiger partial charge in [-0.1, -0.05) is 0 Å². The maximum absolute atomic E-state index is 10.9. The van der Waals surface area contributed by atoms with E-state index in [2.05, 4.69) is 15.6 Å². The monoisotopic (exact) mass is 303 g/mol. The van der Waals surface area contributed by atoms with E-state index in [1.807, 2.05) is 12.1 Å². The third kappa shape index (κ3) is 7.80. The quantitative estimate of drug-likeness (QED) is 0.399. The van der Waals surface area contributed by atoms with Crippen molar-refractivity contribution in [2.24, 2.45) is 4.99 Å². The Labute approximate surface area is 119 Å². The summed E-state index contributed by atoms with van der Waals surface area (Å²) in [5.41, 5.74) is 0. The number of hydrogen-bond donors (Lipinski definition) is 2. The highest BCUT2D eigenvalue weighted by molar-refractivity contribution is 7.90. The van der Waals surface area contributed by atoms with E-state index in [1.54, 1.807) is 13.3 Å². The van der Waals surface area contributed by atoms with Crippen LogP contribution >= 0.6 is 0 Å². The van der Waals surface area contributed by atoms with E-state index in [0.29, 0.717) is 25.7 Å². The van der Waals surface area contributed by atoms with E-state index in [4.69, 9.17) is 9.15 Å². The number of ether oxygens (including phenoxy) is 1. The van der Waals surface area contributed by atoms with Crippen molar-refractivity contribution in [2.75, 3.05) is 38.8 Å². The van der Waals surface area contributed by atoms with Crippen molar-refractivity contribution < 1.29 is 17.6 Å². The van der Waals surface area contributed by atoms with Gasteiger partial charge in [-0.2, -0.15) is 0 Å². The number of rotatable bonds is 8. The molecule has 0 spiro atoms. The smallest absolute Gasteiger partial charge is 0.191 e. The number of nitrogens with one attached hydrogen (secondary N) is 2. The Balaban J connectivity index is 2.10. The van der Waals surface area contributed by atoms with Crippen molar-refractivity contribution in [3.63, 3.8) is 0 Å². The molecule has 1 rings (SSSR count). The van der Waals surface area contributed by atoms with Crippen LogP contribution < -0.4 is 10.6 Å². The second kappa shape index (κ2) is 8.60. The van der Waals surface area contributed by atoms with E-state index < -0.39 is 9.84 Å². The zero-order chi connectivity index (χ0) is 14.8. The first-order valence-corrected chi connectivity index (χ1v) is 8.29. The number of nitrogens with zero attached hydrogens (tertiary/aromatic N) is 1. The molecule has 0 aliphatic rings. The molecule has 0 atom stereocenters. The van der Waals surface area contributed by atoms with E-state index in [-0.39, 0.29) is 12.4 Å². The van der Waals surface area contributed by atoms with Gasteiger partial charge >= 0.3 is 0 Å². The lowest BCUT2D eigenvalue weighted by molar-refractivity contribution is 0.154. The normalized spacial score (nSPS) is 12.4. The minimum Gasteiger partial charge on any atom is -0.467 e. The lowest BCUT2D eigenvalue weighted by atomic mass is 10.4. The summed E-state index contributed by atoms with van der Waals surface area (Å²) in [6.45, 7) is 1.71. The zero-order valence-corrected chi connectivity index (χ0v) is 12.6. The Morgan fingerprint density at radius 1 is 1.40 bits per heavy atom. The standard InChI is InChI=1S/C12H21N3O4S/c1-13-12(15-10-11-4-3-6-19-11)14-5-7-18-8-9-20(2,16)17/h3-4,6H,5,7-10H2,1-2H3,(H2,13,14,15). The molecule has 0 saturated carbocycles. The molecule has 114 valence electrons. The largest absolute Gasteiger partial charge is 0.467 e. The molecule has 0 saturated heterocycles. The first-order chi connectivity index (χ1) is 9.51. The summed E-state index contributed by atoms with van der Waals surface area (Å²) in [4.78, 5) is 4.05. The molecule has 1 aromatic rings. The number of aliphatic imine (C=N–C) groups is 1. The molecule has 1 aromatic heterocycles. The van der Waals surface area contributed by atoms with Crippen molar-refractivity contribution in [2.45, 2.75) is 6.54 Å². The summed E-state index contributed by atoms with van der Waals surface area (Å²) in [6, 6.07) is 3.69. The second-order valence-corrected chi connectivity index (χ2v) is 6.43. The molecule has 0 fully saturated rings. The number of hydrogen-bond acceptors (Lipinski definition) is 5. The van der Waals surface area contributed by atoms with Gasteiger partial charge in [0.25, 0.3) is 0 Å². The summed E-state index contributed by atoms with van der Waals surface area (Å²) < 4.78 is 32.2. The number of furan rings is 1. The fourth-order valence-electron chi connectivity index (χ4n) is 1.36. The summed E-state index contributed by atoms with van der Waals surface area (Å²) in [7, 11) is -1.29. The summed E-state index contributed by atoms with van der Waals surface area (Å²) in [5.74, 6) is 1.49. The first-order valence-electron chi connectivity index (χ1n) is 6.23. The van der Waals surface area contributed by atoms with Crippen LogP contribution in [0.25, 0.3) is 0 Å². The fraction of sp³-hybridized carbons (Fsp3) is 0.583. The van der Waals surface area contributed by atoms with Gasteiger partial charge in [0.2, 0.25) is 0 Å². The number of guanidine groups is 1. The van der Waals surface area contributed by atoms with Crippen molar-refractivity contribution >= 4 is 15.8 Å². The molecule has 1 heterocycles. The van der Waals surface area contributed by atoms with Crippen LogP contribution in [0.1, 0.15) is 5.76 Å². The van der Waals surface area contributed by atoms with E-state index >= 15 is 0 Å². The molecule has 20 heavy (non-hydrogen) atoms. The molecular weight excluding hydrogens is 282 g/mol. The lowest BCUT2D eigenvalue weighted by Gasteiger charge is -2.11. The summed E-state index contributed by atoms with van der Waals surface area (Å²) in [6.07, 6.45) is 2.80. The average molecular weight is 303 g/mol. The Hall–Kier alpha value is -1.54. The number of sulfone groups is 1. The zero-order valence-electron chi connectivity index (χ0n) is 11.8. The topological polar surface area (TPSA) is 92.9 Å². The molecule has 0 aliphatic carbocycles. The van der Waals surface area contributed by atoms with Gasteiger partial charge < -0.3 is 19.8 Å². The minimum atomic E-state index is -2.96. The minimum absolute atomic E-state index is 0.0401. The SMILES string of the molecule is CN=C(NCCOCCS(C)(=O)=O)NCc1ccco1. The first kappa shape index (κ1) is 16.5. The second-order valence-electron chi connectivity index (χ2n) is 4.17. The van der Waals surface area contributed by atoms with Crippen LogP contribution in [0.15, 0.2) is 27.8 Å². The van der Waals surface area contributed by atoms with E-state index in [9.17, 15) is 8.42 Å². The van der Waals surface area contributed by atoms with Crippen molar-refractivity contribution in [3.05, 3.63) is 24.2 Å². The maximum atomic E-state index is 10.9. The van der Waals surface area contributed by atoms with Crippen LogP contribution in [-0.4, -0.2) is 53.2 Å². The molecule has 0 aliphatic heterocycles. The maximum Gasteiger partial charge on any atom is 0.191 e. The molecule has 0 aromatic carbocycles. The Bertz CT molecular complexity index is 497. The molecule has 0 radical (unpaired) electrons. The summed E-state index contributed by atoms with van der Waals surface area (Å²) in [5, 5.41) is 6.13. The van der Waals surface area contributed by atoms with Gasteiger partial charge in [-0.3, -0.25) is 4.99 Å². The van der Waals surface area contributed by atoms with Crippen LogP contribution in [0, 0.1) is 0 Å². The molecule has 0 unspecified atom stereocenters. The highest BCUT2D eigenvalue weighted by atomic mass is 32.2. The van der Waals surface area contributed by atoms with Crippen LogP contribution in [0.4, 0.5) is 0 Å². The van der Waals surface area contributed by atoms with Gasteiger partial charge in [-0.15, -0.1) is 0 Å². The molecule has 0 amide bonds. The third-order valence-corrected chi connectivity index (χ3v) is 3.28. The predicted octanol–water partition coefficient (Wildman–Crippen LogP) is 0.00580. The molecule has 7 nitrogen and oxygen atoms in total. The van der Waals surface area contributed by atoms with Gasteiger partial charge in [0.15, 0.2) is 5.96 Å². The average Bonchev–Trinajstić information content (AvgIpc) is 2.89. The van der Waals surface area contributed by atoms with Crippen LogP contribution in [0.3, 0.4) is 0 Å². The van der Waals surface area contributed by atoms with Crippen molar-refractivity contribution in [1.29, 1.82) is 0 Å². The van der Waals surface area contributed by atoms with Crippen LogP contribution in [-0.2, 0) is 21.1 Å². The Morgan fingerprint density at radius 3 is 2.80 bits per heavy atom. The lowest BCUT2D eigenvalue weighted by Crippen LogP contribution is -2.38. The van der Waals surface area contributed by atoms with Gasteiger partial charge in [-0.25, -0.2) is 8.42 Å². The molecule has 2 N–H and O–H groups in total. The van der Waals surface area contributed by atoms with Crippen molar-refractivity contribution in [3.8, 4) is 0 Å². The Kier molecular flexibility index (Phi) is 7.10. The summed E-state index contributed by atoms with van der Waals surface area (Å²) >= 11 is 0. The fourth-order valence-corrected chi connectivity index (χ4v) is 1.78. The molecule has 8 heteroatoms. The highest BCUT2D eigenvalue weighted by Crippen LogP contribution is 1.97. The van der Waals surface area contributed by atoms with Crippen molar-refractivity contribution in [1.82, 2.24) is 10.6 Å². The molecular formula is C12H21N3O4S. The van der Waals surface area contributed by atoms with Gasteiger partial charge in [0, 0.05) is 19.8 Å². The van der Waals surface area contributed by atoms with Crippen LogP contribution in [0.2, 0.25) is 0 Å². The van der Waals surface area contributed by atoms with Gasteiger partial charge in [0.05, 0.1) is 31.8 Å². The molecule has 0 bridgehead atoms. The highest BCUT2D eigenvalue weighted by Gasteiger charge is 2.02. The third-order valence-electron chi connectivity index (χ3n) is 2.37. The van der Waals surface area contributed by atoms with E-state index in [1.165, 1.54) is 6.26 Å². The van der Waals surface area contributed by atoms with Gasteiger partial charge in [-0.05, 0) is 12.1 Å².